The van der Waals surface area contributed by atoms with E-state index in [1.807, 2.05) is 37.3 Å². The van der Waals surface area contributed by atoms with Gasteiger partial charge in [0.25, 0.3) is 0 Å². The van der Waals surface area contributed by atoms with Crippen molar-refractivity contribution in [1.29, 1.82) is 0 Å². The van der Waals surface area contributed by atoms with Crippen LogP contribution in [0.4, 0.5) is 0 Å². The Labute approximate surface area is 163 Å². The van der Waals surface area contributed by atoms with Gasteiger partial charge in [-0.1, -0.05) is 36.8 Å². The van der Waals surface area contributed by atoms with E-state index in [9.17, 15) is 5.11 Å². The fourth-order valence-corrected chi connectivity index (χ4v) is 3.23. The Kier molecular flexibility index (Phi) is 9.59. The number of hydrogen-bond acceptors (Lipinski definition) is 4. The van der Waals surface area contributed by atoms with Crippen LogP contribution in [0.25, 0.3) is 0 Å². The van der Waals surface area contributed by atoms with Gasteiger partial charge in [0.05, 0.1) is 19.3 Å². The quantitative estimate of drug-likeness (QED) is 0.385. The number of aliphatic hydroxyl groups excluding tert-OH is 1. The highest BCUT2D eigenvalue weighted by Gasteiger charge is 2.36. The zero-order valence-electron chi connectivity index (χ0n) is 16.7. The number of nitrogens with zero attached hydrogens (tertiary/aromatic N) is 1. The lowest BCUT2D eigenvalue weighted by molar-refractivity contribution is 0.0308. The molecule has 1 aliphatic rings. The third kappa shape index (κ3) is 7.87. The molecule has 6 heteroatoms. The Morgan fingerprint density at radius 3 is 2.67 bits per heavy atom. The third-order valence-corrected chi connectivity index (χ3v) is 5.09. The van der Waals surface area contributed by atoms with E-state index in [-0.39, 0.29) is 5.41 Å². The molecule has 1 aliphatic carbocycles. The van der Waals surface area contributed by atoms with Crippen molar-refractivity contribution in [3.05, 3.63) is 35.9 Å². The van der Waals surface area contributed by atoms with Crippen LogP contribution in [0, 0.1) is 5.41 Å². The van der Waals surface area contributed by atoms with Gasteiger partial charge in [-0.15, -0.1) is 0 Å². The first-order chi connectivity index (χ1) is 13.2. The molecule has 0 radical (unpaired) electrons. The average Bonchev–Trinajstić information content (AvgIpc) is 2.65. The number of nitrogens with one attached hydrogen (secondary N) is 2. The van der Waals surface area contributed by atoms with Crippen molar-refractivity contribution in [2.45, 2.75) is 45.3 Å². The van der Waals surface area contributed by atoms with Gasteiger partial charge in [0, 0.05) is 33.4 Å². The minimum atomic E-state index is -0.580. The van der Waals surface area contributed by atoms with Crippen LogP contribution >= 0.6 is 0 Å². The zero-order chi connectivity index (χ0) is 19.4. The zero-order valence-corrected chi connectivity index (χ0v) is 16.7. The maximum atomic E-state index is 10.2. The van der Waals surface area contributed by atoms with Crippen molar-refractivity contribution in [2.75, 3.05) is 40.0 Å². The van der Waals surface area contributed by atoms with E-state index in [0.29, 0.717) is 19.8 Å². The summed E-state index contributed by atoms with van der Waals surface area (Å²) in [4.78, 5) is 4.75. The highest BCUT2D eigenvalue weighted by atomic mass is 16.5. The molecule has 6 nitrogen and oxygen atoms in total. The van der Waals surface area contributed by atoms with Gasteiger partial charge in [-0.05, 0) is 37.2 Å². The van der Waals surface area contributed by atoms with E-state index < -0.39 is 6.10 Å². The van der Waals surface area contributed by atoms with Gasteiger partial charge in [-0.2, -0.15) is 0 Å². The first-order valence-corrected chi connectivity index (χ1v) is 9.98. The summed E-state index contributed by atoms with van der Waals surface area (Å²) in [5.41, 5.74) is 1.39. The lowest BCUT2D eigenvalue weighted by atomic mass is 9.67. The molecule has 0 spiro atoms. The lowest BCUT2D eigenvalue weighted by Gasteiger charge is -2.40. The summed E-state index contributed by atoms with van der Waals surface area (Å²) in [5.74, 6) is 0.753. The normalized spacial score (nSPS) is 17.2. The Balaban J connectivity index is 1.72. The number of hydrogen-bond donors (Lipinski definition) is 3. The van der Waals surface area contributed by atoms with Crippen LogP contribution in [0.15, 0.2) is 35.3 Å². The van der Waals surface area contributed by atoms with Crippen LogP contribution in [0.1, 0.15) is 38.2 Å². The molecule has 0 aliphatic heterocycles. The van der Waals surface area contributed by atoms with Crippen LogP contribution in [0.2, 0.25) is 0 Å². The van der Waals surface area contributed by atoms with E-state index in [4.69, 9.17) is 14.5 Å². The summed E-state index contributed by atoms with van der Waals surface area (Å²) in [7, 11) is 1.75. The first kappa shape index (κ1) is 21.7. The molecule has 0 bridgehead atoms. The molecule has 1 saturated carbocycles. The maximum Gasteiger partial charge on any atom is 0.191 e. The second kappa shape index (κ2) is 12.0. The number of methoxy groups -OCH3 is 1. The van der Waals surface area contributed by atoms with E-state index in [1.165, 1.54) is 19.3 Å². The highest BCUT2D eigenvalue weighted by Crippen LogP contribution is 2.44. The molecule has 1 aromatic carbocycles. The van der Waals surface area contributed by atoms with Crippen molar-refractivity contribution in [3.63, 3.8) is 0 Å². The summed E-state index contributed by atoms with van der Waals surface area (Å²) < 4.78 is 10.8. The molecule has 1 atom stereocenters. The largest absolute Gasteiger partial charge is 0.389 e. The van der Waals surface area contributed by atoms with Gasteiger partial charge in [-0.3, -0.25) is 4.99 Å². The summed E-state index contributed by atoms with van der Waals surface area (Å²) in [5, 5.41) is 16.6. The van der Waals surface area contributed by atoms with Gasteiger partial charge in [0.15, 0.2) is 5.96 Å². The Morgan fingerprint density at radius 2 is 2.04 bits per heavy atom. The summed E-state index contributed by atoms with van der Waals surface area (Å²) in [6.45, 7) is 5.63. The van der Waals surface area contributed by atoms with Crippen molar-refractivity contribution in [2.24, 2.45) is 10.4 Å². The van der Waals surface area contributed by atoms with Crippen LogP contribution in [0.5, 0.6) is 0 Å². The highest BCUT2D eigenvalue weighted by molar-refractivity contribution is 5.79. The monoisotopic (exact) mass is 377 g/mol. The molecular formula is C21H35N3O3. The molecule has 3 N–H and O–H groups in total. The second-order valence-corrected chi connectivity index (χ2v) is 7.33. The van der Waals surface area contributed by atoms with Crippen LogP contribution in [-0.4, -0.2) is 57.1 Å². The predicted octanol–water partition coefficient (Wildman–Crippen LogP) is 2.33. The molecule has 152 valence electrons. The van der Waals surface area contributed by atoms with Gasteiger partial charge in [-0.25, -0.2) is 0 Å². The van der Waals surface area contributed by atoms with E-state index in [0.717, 1.165) is 37.6 Å². The Morgan fingerprint density at radius 1 is 1.26 bits per heavy atom. The molecule has 2 rings (SSSR count). The molecule has 1 fully saturated rings. The molecular weight excluding hydrogens is 342 g/mol. The predicted molar refractivity (Wildman–Crippen MR) is 109 cm³/mol. The van der Waals surface area contributed by atoms with E-state index >= 15 is 0 Å². The van der Waals surface area contributed by atoms with Crippen molar-refractivity contribution in [3.8, 4) is 0 Å². The topological polar surface area (TPSA) is 75.1 Å². The van der Waals surface area contributed by atoms with Crippen LogP contribution < -0.4 is 10.6 Å². The fourth-order valence-electron chi connectivity index (χ4n) is 3.23. The minimum Gasteiger partial charge on any atom is -0.389 e. The minimum absolute atomic E-state index is 0.287. The average molecular weight is 378 g/mol. The molecule has 1 aromatic rings. The number of aliphatic hydroxyl groups is 1. The summed E-state index contributed by atoms with van der Waals surface area (Å²) in [6.07, 6.45) is 4.19. The van der Waals surface area contributed by atoms with Gasteiger partial charge in [0.1, 0.15) is 0 Å². The number of rotatable bonds is 12. The molecule has 27 heavy (non-hydrogen) atoms. The third-order valence-electron chi connectivity index (χ3n) is 5.09. The standard InChI is InChI=1S/C21H35N3O3/c1-3-22-20(24-17-21(10-7-11-21)12-13-26-2)23-14-19(25)16-27-15-18-8-5-4-6-9-18/h4-6,8-9,19,25H,3,7,10-17H2,1-2H3,(H2,22,23,24). The van der Waals surface area contributed by atoms with Crippen LogP contribution in [0.3, 0.4) is 0 Å². The molecule has 1 unspecified atom stereocenters. The number of guanidine groups is 1. The van der Waals surface area contributed by atoms with Crippen molar-refractivity contribution < 1.29 is 14.6 Å². The Bertz CT molecular complexity index is 547. The molecule has 0 amide bonds. The van der Waals surface area contributed by atoms with Crippen LogP contribution in [-0.2, 0) is 16.1 Å². The Hall–Kier alpha value is -1.63. The number of aliphatic imine (C=N–C) groups is 1. The van der Waals surface area contributed by atoms with Crippen molar-refractivity contribution in [1.82, 2.24) is 10.6 Å². The molecule has 0 heterocycles. The van der Waals surface area contributed by atoms with E-state index in [2.05, 4.69) is 10.6 Å². The van der Waals surface area contributed by atoms with Crippen molar-refractivity contribution >= 4 is 5.96 Å². The van der Waals surface area contributed by atoms with Gasteiger partial charge >= 0.3 is 0 Å². The maximum absolute atomic E-state index is 10.2. The first-order valence-electron chi connectivity index (χ1n) is 9.98. The molecule has 0 saturated heterocycles. The van der Waals surface area contributed by atoms with Gasteiger partial charge in [0.2, 0.25) is 0 Å². The number of ether oxygens (including phenoxy) is 2. The lowest BCUT2D eigenvalue weighted by Crippen LogP contribution is -2.43. The summed E-state index contributed by atoms with van der Waals surface area (Å²) >= 11 is 0. The fraction of sp³-hybridized carbons (Fsp3) is 0.667. The van der Waals surface area contributed by atoms with E-state index in [1.54, 1.807) is 7.11 Å². The van der Waals surface area contributed by atoms with Gasteiger partial charge < -0.3 is 25.2 Å². The smallest absolute Gasteiger partial charge is 0.191 e. The second-order valence-electron chi connectivity index (χ2n) is 7.33. The molecule has 0 aromatic heterocycles. The summed E-state index contributed by atoms with van der Waals surface area (Å²) in [6, 6.07) is 9.97. The SMILES string of the molecule is CCNC(=NCC1(CCOC)CCC1)NCC(O)COCc1ccccc1. The number of benzene rings is 1.